The lowest BCUT2D eigenvalue weighted by Crippen LogP contribution is -2.52. The molecular weight excluding hydrogens is 462 g/mol. The summed E-state index contributed by atoms with van der Waals surface area (Å²) in [4.78, 5) is 32.4. The summed E-state index contributed by atoms with van der Waals surface area (Å²) in [7, 11) is 1.66. The molecule has 7 nitrogen and oxygen atoms in total. The van der Waals surface area contributed by atoms with E-state index in [2.05, 4.69) is 28.5 Å². The Bertz CT molecular complexity index is 1050. The van der Waals surface area contributed by atoms with Crippen molar-refractivity contribution in [3.05, 3.63) is 59.3 Å². The van der Waals surface area contributed by atoms with Crippen molar-refractivity contribution in [1.82, 2.24) is 15.2 Å². The number of hydrogen-bond acceptors (Lipinski definition) is 6. The SMILES string of the molecule is COCCO[C@@H]1[C@@H](NC(=O)C(C)C)c2ccccc2C12CCN(C(=O)c1cccnc1SC)CC2. The fourth-order valence-electron chi connectivity index (χ4n) is 5.39. The summed E-state index contributed by atoms with van der Waals surface area (Å²) in [6.07, 6.45) is 4.95. The fourth-order valence-corrected chi connectivity index (χ4v) is 5.94. The number of piperidine rings is 1. The van der Waals surface area contributed by atoms with Crippen molar-refractivity contribution in [3.63, 3.8) is 0 Å². The third kappa shape index (κ3) is 4.97. The maximum atomic E-state index is 13.4. The highest BCUT2D eigenvalue weighted by Gasteiger charge is 2.54. The van der Waals surface area contributed by atoms with E-state index < -0.39 is 0 Å². The normalized spacial score (nSPS) is 20.8. The van der Waals surface area contributed by atoms with Gasteiger partial charge in [0.25, 0.3) is 5.91 Å². The molecule has 1 saturated heterocycles. The molecule has 1 aliphatic heterocycles. The molecule has 1 N–H and O–H groups in total. The molecule has 2 aromatic rings. The van der Waals surface area contributed by atoms with Gasteiger partial charge in [0, 0.05) is 37.7 Å². The standard InChI is InChI=1S/C27H35N3O4S/c1-18(2)24(31)29-22-19-8-5-6-10-21(19)27(23(22)34-17-16-33-3)11-14-30(15-12-27)26(32)20-9-7-13-28-25(20)35-4/h5-10,13,18,22-23H,11-12,14-17H2,1-4H3,(H,29,31)/t22-,23+/m0/s1. The minimum atomic E-state index is -0.284. The zero-order chi connectivity index (χ0) is 25.0. The zero-order valence-electron chi connectivity index (χ0n) is 21.0. The number of likely N-dealkylation sites (tertiary alicyclic amines) is 1. The first-order valence-electron chi connectivity index (χ1n) is 12.2. The molecule has 0 unspecified atom stereocenters. The summed E-state index contributed by atoms with van der Waals surface area (Å²) in [5.74, 6) is -0.0935. The number of pyridine rings is 1. The van der Waals surface area contributed by atoms with Gasteiger partial charge in [-0.3, -0.25) is 9.59 Å². The van der Waals surface area contributed by atoms with E-state index in [0.29, 0.717) is 31.9 Å². The van der Waals surface area contributed by atoms with Crippen molar-refractivity contribution in [3.8, 4) is 0 Å². The predicted molar refractivity (Wildman–Crippen MR) is 137 cm³/mol. The van der Waals surface area contributed by atoms with Gasteiger partial charge in [-0.1, -0.05) is 38.1 Å². The van der Waals surface area contributed by atoms with Crippen molar-refractivity contribution in [2.24, 2.45) is 5.92 Å². The van der Waals surface area contributed by atoms with Gasteiger partial charge in [-0.2, -0.15) is 0 Å². The van der Waals surface area contributed by atoms with Crippen LogP contribution in [-0.2, 0) is 19.7 Å². The topological polar surface area (TPSA) is 80.8 Å². The van der Waals surface area contributed by atoms with Crippen LogP contribution in [0, 0.1) is 5.92 Å². The number of carbonyl (C=O) groups is 2. The number of nitrogens with zero attached hydrogens (tertiary/aromatic N) is 2. The predicted octanol–water partition coefficient (Wildman–Crippen LogP) is 3.84. The first-order chi connectivity index (χ1) is 16.9. The Kier molecular flexibility index (Phi) is 8.14. The van der Waals surface area contributed by atoms with Crippen LogP contribution < -0.4 is 5.32 Å². The molecule has 2 heterocycles. The molecule has 1 aliphatic carbocycles. The molecule has 35 heavy (non-hydrogen) atoms. The van der Waals surface area contributed by atoms with Crippen LogP contribution in [-0.4, -0.2) is 67.5 Å². The summed E-state index contributed by atoms with van der Waals surface area (Å²) in [6.45, 7) is 5.96. The Labute approximate surface area is 212 Å². The largest absolute Gasteiger partial charge is 0.382 e. The Balaban J connectivity index is 1.62. The minimum absolute atomic E-state index is 0.0102. The molecule has 4 rings (SSSR count). The third-order valence-corrected chi connectivity index (χ3v) is 7.94. The smallest absolute Gasteiger partial charge is 0.256 e. The first kappa shape index (κ1) is 25.7. The highest BCUT2D eigenvalue weighted by Crippen LogP contribution is 2.52. The maximum absolute atomic E-state index is 13.4. The molecule has 1 fully saturated rings. The molecule has 1 aromatic carbocycles. The van der Waals surface area contributed by atoms with Crippen molar-refractivity contribution < 1.29 is 19.1 Å². The van der Waals surface area contributed by atoms with Gasteiger partial charge in [-0.05, 0) is 42.4 Å². The molecule has 1 spiro atoms. The van der Waals surface area contributed by atoms with Crippen LogP contribution in [0.15, 0.2) is 47.6 Å². The number of methoxy groups -OCH3 is 1. The van der Waals surface area contributed by atoms with Crippen LogP contribution >= 0.6 is 11.8 Å². The number of thioether (sulfide) groups is 1. The van der Waals surface area contributed by atoms with E-state index >= 15 is 0 Å². The highest BCUT2D eigenvalue weighted by molar-refractivity contribution is 7.98. The number of hydrogen-bond donors (Lipinski definition) is 1. The van der Waals surface area contributed by atoms with E-state index in [1.807, 2.05) is 43.2 Å². The van der Waals surface area contributed by atoms with Crippen LogP contribution in [0.4, 0.5) is 0 Å². The molecule has 0 radical (unpaired) electrons. The third-order valence-electron chi connectivity index (χ3n) is 7.22. The lowest BCUT2D eigenvalue weighted by atomic mass is 9.71. The van der Waals surface area contributed by atoms with E-state index in [0.717, 1.165) is 23.4 Å². The second-order valence-electron chi connectivity index (χ2n) is 9.52. The van der Waals surface area contributed by atoms with Crippen LogP contribution in [0.5, 0.6) is 0 Å². The number of amides is 2. The number of aromatic nitrogens is 1. The van der Waals surface area contributed by atoms with Gasteiger partial charge >= 0.3 is 0 Å². The second-order valence-corrected chi connectivity index (χ2v) is 10.3. The summed E-state index contributed by atoms with van der Waals surface area (Å²) >= 11 is 1.49. The molecule has 0 saturated carbocycles. The van der Waals surface area contributed by atoms with Crippen LogP contribution in [0.1, 0.15) is 54.2 Å². The maximum Gasteiger partial charge on any atom is 0.256 e. The van der Waals surface area contributed by atoms with Gasteiger partial charge in [0.2, 0.25) is 5.91 Å². The minimum Gasteiger partial charge on any atom is -0.382 e. The molecule has 2 amide bonds. The van der Waals surface area contributed by atoms with Crippen LogP contribution in [0.2, 0.25) is 0 Å². The Morgan fingerprint density at radius 2 is 1.91 bits per heavy atom. The molecule has 2 atom stereocenters. The molecule has 1 aromatic heterocycles. The molecule has 0 bridgehead atoms. The quantitative estimate of drug-likeness (QED) is 0.441. The van der Waals surface area contributed by atoms with Gasteiger partial charge in [-0.15, -0.1) is 11.8 Å². The molecule has 2 aliphatic rings. The summed E-state index contributed by atoms with van der Waals surface area (Å²) < 4.78 is 11.7. The molecule has 8 heteroatoms. The summed E-state index contributed by atoms with van der Waals surface area (Å²) in [5.41, 5.74) is 2.70. The van der Waals surface area contributed by atoms with Gasteiger partial charge in [0.15, 0.2) is 0 Å². The Morgan fingerprint density at radius 1 is 1.17 bits per heavy atom. The van der Waals surface area contributed by atoms with Crippen molar-refractivity contribution in [1.29, 1.82) is 0 Å². The lowest BCUT2D eigenvalue weighted by molar-refractivity contribution is -0.127. The van der Waals surface area contributed by atoms with Crippen LogP contribution in [0.3, 0.4) is 0 Å². The number of nitrogens with one attached hydrogen (secondary N) is 1. The van der Waals surface area contributed by atoms with Crippen LogP contribution in [0.25, 0.3) is 0 Å². The van der Waals surface area contributed by atoms with E-state index in [1.165, 1.54) is 17.3 Å². The Hall–Kier alpha value is -2.42. The van der Waals surface area contributed by atoms with Crippen molar-refractivity contribution >= 4 is 23.6 Å². The molecular formula is C27H35N3O4S. The van der Waals surface area contributed by atoms with Gasteiger partial charge < -0.3 is 19.7 Å². The highest BCUT2D eigenvalue weighted by atomic mass is 32.2. The van der Waals surface area contributed by atoms with E-state index in [-0.39, 0.29) is 35.3 Å². The lowest BCUT2D eigenvalue weighted by Gasteiger charge is -2.44. The summed E-state index contributed by atoms with van der Waals surface area (Å²) in [6, 6.07) is 11.8. The number of benzene rings is 1. The molecule has 188 valence electrons. The van der Waals surface area contributed by atoms with Gasteiger partial charge in [-0.25, -0.2) is 4.98 Å². The van der Waals surface area contributed by atoms with Crippen molar-refractivity contribution in [2.75, 3.05) is 39.7 Å². The Morgan fingerprint density at radius 3 is 2.60 bits per heavy atom. The van der Waals surface area contributed by atoms with E-state index in [9.17, 15) is 9.59 Å². The number of carbonyl (C=O) groups excluding carboxylic acids is 2. The van der Waals surface area contributed by atoms with E-state index in [1.54, 1.807) is 13.3 Å². The number of rotatable bonds is 8. The average Bonchev–Trinajstić information content (AvgIpc) is 3.12. The monoisotopic (exact) mass is 497 g/mol. The number of fused-ring (bicyclic) bond motifs is 2. The fraction of sp³-hybridized carbons (Fsp3) is 0.519. The van der Waals surface area contributed by atoms with Gasteiger partial charge in [0.1, 0.15) is 5.03 Å². The number of ether oxygens (including phenoxy) is 2. The second kappa shape index (κ2) is 11.1. The average molecular weight is 498 g/mol. The first-order valence-corrected chi connectivity index (χ1v) is 13.4. The van der Waals surface area contributed by atoms with Gasteiger partial charge in [0.05, 0.1) is 30.9 Å². The van der Waals surface area contributed by atoms with E-state index in [4.69, 9.17) is 9.47 Å². The van der Waals surface area contributed by atoms with Crippen molar-refractivity contribution in [2.45, 2.75) is 49.3 Å². The zero-order valence-corrected chi connectivity index (χ0v) is 21.8. The summed E-state index contributed by atoms with van der Waals surface area (Å²) in [5, 5.41) is 4.01.